The van der Waals surface area contributed by atoms with Crippen LogP contribution in [-0.2, 0) is 0 Å². The number of allylic oxidation sites excluding steroid dienone is 1. The van der Waals surface area contributed by atoms with E-state index in [1.165, 1.54) is 54.9 Å². The Morgan fingerprint density at radius 3 is 1.72 bits per heavy atom. The van der Waals surface area contributed by atoms with Gasteiger partial charge in [0, 0.05) is 33.9 Å². The van der Waals surface area contributed by atoms with Gasteiger partial charge in [-0.15, -0.1) is 0 Å². The summed E-state index contributed by atoms with van der Waals surface area (Å²) in [5, 5.41) is 7.19. The number of aromatic nitrogens is 1. The number of furan rings is 1. The van der Waals surface area contributed by atoms with Crippen molar-refractivity contribution in [2.75, 3.05) is 0 Å². The number of rotatable bonds is 5. The highest BCUT2D eigenvalue weighted by molar-refractivity contribution is 6.24. The molecular formula is C57H38N2O. The molecule has 9 aromatic carbocycles. The zero-order valence-electron chi connectivity index (χ0n) is 32.8. The van der Waals surface area contributed by atoms with Crippen molar-refractivity contribution < 1.29 is 4.42 Å². The molecule has 0 N–H and O–H groups in total. The molecule has 1 aliphatic heterocycles. The van der Waals surface area contributed by atoms with Crippen molar-refractivity contribution in [1.82, 2.24) is 4.57 Å². The van der Waals surface area contributed by atoms with Crippen LogP contribution in [0.15, 0.2) is 222 Å². The van der Waals surface area contributed by atoms with Gasteiger partial charge in [0.05, 0.1) is 16.7 Å². The Hall–Kier alpha value is -7.75. The zero-order chi connectivity index (χ0) is 39.6. The summed E-state index contributed by atoms with van der Waals surface area (Å²) >= 11 is 0. The Balaban J connectivity index is 1.03. The summed E-state index contributed by atoms with van der Waals surface area (Å²) < 4.78 is 8.64. The fourth-order valence-corrected chi connectivity index (χ4v) is 9.36. The molecule has 1 atom stereocenters. The van der Waals surface area contributed by atoms with E-state index in [1.807, 2.05) is 12.1 Å². The van der Waals surface area contributed by atoms with Gasteiger partial charge in [-0.05, 0) is 91.7 Å². The average molecular weight is 767 g/mol. The van der Waals surface area contributed by atoms with E-state index in [9.17, 15) is 0 Å². The lowest BCUT2D eigenvalue weighted by molar-refractivity contribution is 0.669. The van der Waals surface area contributed by atoms with E-state index in [1.54, 1.807) is 0 Å². The minimum absolute atomic E-state index is 0.120. The first-order valence-corrected chi connectivity index (χ1v) is 20.7. The second-order valence-corrected chi connectivity index (χ2v) is 15.9. The molecular weight excluding hydrogens is 729 g/mol. The second-order valence-electron chi connectivity index (χ2n) is 15.9. The van der Waals surface area contributed by atoms with Gasteiger partial charge >= 0.3 is 0 Å². The summed E-state index contributed by atoms with van der Waals surface area (Å²) in [4.78, 5) is 5.59. The lowest BCUT2D eigenvalue weighted by Gasteiger charge is -2.24. The summed E-state index contributed by atoms with van der Waals surface area (Å²) in [6.45, 7) is 0. The Morgan fingerprint density at radius 1 is 0.417 bits per heavy atom. The van der Waals surface area contributed by atoms with Gasteiger partial charge in [0.2, 0.25) is 0 Å². The molecule has 0 radical (unpaired) electrons. The molecule has 3 heteroatoms. The van der Waals surface area contributed by atoms with Crippen LogP contribution in [0, 0.1) is 0 Å². The first-order chi connectivity index (χ1) is 29.7. The topological polar surface area (TPSA) is 30.4 Å². The van der Waals surface area contributed by atoms with Gasteiger partial charge in [-0.1, -0.05) is 176 Å². The van der Waals surface area contributed by atoms with Crippen LogP contribution in [0.5, 0.6) is 0 Å². The van der Waals surface area contributed by atoms with Crippen molar-refractivity contribution >= 4 is 66.0 Å². The largest absolute Gasteiger partial charge is 0.456 e. The van der Waals surface area contributed by atoms with E-state index in [4.69, 9.17) is 9.41 Å². The van der Waals surface area contributed by atoms with Gasteiger partial charge < -0.3 is 4.42 Å². The van der Waals surface area contributed by atoms with Crippen LogP contribution in [0.1, 0.15) is 23.5 Å². The maximum absolute atomic E-state index is 6.20. The normalized spacial score (nSPS) is 14.3. The molecule has 0 aliphatic carbocycles. The van der Waals surface area contributed by atoms with Crippen LogP contribution in [0.3, 0.4) is 0 Å². The van der Waals surface area contributed by atoms with Gasteiger partial charge in [-0.3, -0.25) is 4.57 Å². The van der Waals surface area contributed by atoms with Crippen molar-refractivity contribution in [3.8, 4) is 33.4 Å². The smallest absolute Gasteiger partial charge is 0.135 e. The van der Waals surface area contributed by atoms with Crippen LogP contribution < -0.4 is 0 Å². The second kappa shape index (κ2) is 14.0. The molecule has 0 spiro atoms. The van der Waals surface area contributed by atoms with Crippen LogP contribution in [0.2, 0.25) is 0 Å². The molecule has 0 saturated carbocycles. The molecule has 1 aliphatic rings. The molecule has 11 aromatic rings. The quantitative estimate of drug-likeness (QED) is 0.172. The average Bonchev–Trinajstić information content (AvgIpc) is 3.87. The van der Waals surface area contributed by atoms with E-state index in [2.05, 4.69) is 205 Å². The van der Waals surface area contributed by atoms with Crippen molar-refractivity contribution in [1.29, 1.82) is 0 Å². The molecule has 3 heterocycles. The number of fused-ring (bicyclic) bond motifs is 8. The molecule has 60 heavy (non-hydrogen) atoms. The van der Waals surface area contributed by atoms with Crippen molar-refractivity contribution in [2.24, 2.45) is 4.99 Å². The highest BCUT2D eigenvalue weighted by atomic mass is 16.3. The SMILES string of the molecule is C1=C(c2ccc(-c3ccccc3)cc2)N=C(n2c3ccc(-c4ccc5oc6ccccc6c5c4)cc3c3c4ccccc4ccc32)CC1c1ccc(-c2ccccc2)cc1. The van der Waals surface area contributed by atoms with E-state index >= 15 is 0 Å². The number of hydrogen-bond donors (Lipinski definition) is 0. The van der Waals surface area contributed by atoms with Crippen LogP contribution in [0.25, 0.3) is 93.6 Å². The number of hydrogen-bond acceptors (Lipinski definition) is 2. The minimum atomic E-state index is 0.120. The number of benzene rings is 9. The molecule has 0 bridgehead atoms. The third-order valence-electron chi connectivity index (χ3n) is 12.4. The fourth-order valence-electron chi connectivity index (χ4n) is 9.36. The van der Waals surface area contributed by atoms with Crippen LogP contribution in [0.4, 0.5) is 0 Å². The van der Waals surface area contributed by atoms with E-state index in [0.29, 0.717) is 0 Å². The number of aliphatic imine (C=N–C) groups is 1. The van der Waals surface area contributed by atoms with Gasteiger partial charge in [0.15, 0.2) is 0 Å². The number of nitrogens with zero attached hydrogens (tertiary/aromatic N) is 2. The van der Waals surface area contributed by atoms with E-state index < -0.39 is 0 Å². The van der Waals surface area contributed by atoms with Crippen molar-refractivity contribution in [3.05, 3.63) is 223 Å². The molecule has 282 valence electrons. The van der Waals surface area contributed by atoms with Crippen LogP contribution in [-0.4, -0.2) is 10.4 Å². The molecule has 2 aromatic heterocycles. The highest BCUT2D eigenvalue weighted by Gasteiger charge is 2.25. The van der Waals surface area contributed by atoms with Gasteiger partial charge in [-0.25, -0.2) is 4.99 Å². The summed E-state index contributed by atoms with van der Waals surface area (Å²) in [6.07, 6.45) is 3.13. The van der Waals surface area contributed by atoms with Gasteiger partial charge in [0.1, 0.15) is 17.0 Å². The molecule has 0 fully saturated rings. The predicted octanol–water partition coefficient (Wildman–Crippen LogP) is 15.3. The standard InChI is InChI=1S/C57H38N2O/c1-3-11-37(12-4-1)39-19-21-41(22-20-39)46-35-51(43-25-23-40(24-26-43)38-13-5-2-6-14-38)58-56(36-46)59-52-30-28-44(34-50(52)57-47-16-8-7-15-42(47)27-31-53(57)59)45-29-32-55-49(33-45)48-17-9-10-18-54(48)60-55/h1-35,46H,36H2. The van der Waals surface area contributed by atoms with Crippen molar-refractivity contribution in [3.63, 3.8) is 0 Å². The van der Waals surface area contributed by atoms with Crippen molar-refractivity contribution in [2.45, 2.75) is 12.3 Å². The lowest BCUT2D eigenvalue weighted by Crippen LogP contribution is -2.18. The molecule has 0 saturated heterocycles. The first-order valence-electron chi connectivity index (χ1n) is 20.7. The lowest BCUT2D eigenvalue weighted by atomic mass is 9.89. The molecule has 12 rings (SSSR count). The van der Waals surface area contributed by atoms with Gasteiger partial charge in [0.25, 0.3) is 0 Å². The summed E-state index contributed by atoms with van der Waals surface area (Å²) in [5.41, 5.74) is 14.7. The maximum Gasteiger partial charge on any atom is 0.135 e. The van der Waals surface area contributed by atoms with Gasteiger partial charge in [-0.2, -0.15) is 0 Å². The highest BCUT2D eigenvalue weighted by Crippen LogP contribution is 2.41. The molecule has 0 amide bonds. The summed E-state index contributed by atoms with van der Waals surface area (Å²) in [5.74, 6) is 1.15. The summed E-state index contributed by atoms with van der Waals surface area (Å²) in [7, 11) is 0. The third-order valence-corrected chi connectivity index (χ3v) is 12.4. The minimum Gasteiger partial charge on any atom is -0.456 e. The van der Waals surface area contributed by atoms with Crippen LogP contribution >= 0.6 is 0 Å². The van der Waals surface area contributed by atoms with E-state index in [0.717, 1.165) is 62.1 Å². The zero-order valence-corrected chi connectivity index (χ0v) is 32.8. The predicted molar refractivity (Wildman–Crippen MR) is 252 cm³/mol. The fraction of sp³-hybridized carbons (Fsp3) is 0.0351. The Morgan fingerprint density at radius 2 is 0.967 bits per heavy atom. The summed E-state index contributed by atoms with van der Waals surface area (Å²) in [6, 6.07) is 74.3. The Labute approximate surface area is 347 Å². The maximum atomic E-state index is 6.20. The molecule has 1 unspecified atom stereocenters. The number of para-hydroxylation sites is 1. The van der Waals surface area contributed by atoms with E-state index in [-0.39, 0.29) is 5.92 Å². The monoisotopic (exact) mass is 766 g/mol. The Kier molecular flexibility index (Phi) is 7.99. The Bertz CT molecular complexity index is 3480. The first kappa shape index (κ1) is 34.3. The third kappa shape index (κ3) is 5.78. The molecule has 3 nitrogen and oxygen atoms in total.